The maximum Gasteiger partial charge on any atom is 0.337 e. The van der Waals surface area contributed by atoms with Crippen LogP contribution in [0.3, 0.4) is 0 Å². The van der Waals surface area contributed by atoms with Crippen molar-refractivity contribution in [2.45, 2.75) is 13.8 Å². The zero-order chi connectivity index (χ0) is 46.3. The summed E-state index contributed by atoms with van der Waals surface area (Å²) in [6.45, 7) is 3.92. The molecule has 0 radical (unpaired) electrons. The Kier molecular flexibility index (Phi) is 15.8. The number of rotatable bonds is 9. The van der Waals surface area contributed by atoms with E-state index in [1.54, 1.807) is 103 Å². The van der Waals surface area contributed by atoms with Crippen molar-refractivity contribution in [3.8, 4) is 33.8 Å². The minimum atomic E-state index is -1.12. The van der Waals surface area contributed by atoms with E-state index in [1.807, 2.05) is 98.8 Å². The monoisotopic (exact) mass is 925 g/mol. The van der Waals surface area contributed by atoms with Crippen molar-refractivity contribution >= 4 is 56.7 Å². The Bertz CT molecular complexity index is 2910. The fourth-order valence-corrected chi connectivity index (χ4v) is 6.70. The number of phenols is 2. The number of anilines is 3. The van der Waals surface area contributed by atoms with Crippen molar-refractivity contribution in [2.75, 3.05) is 16.0 Å². The highest BCUT2D eigenvalue weighted by Crippen LogP contribution is 2.29. The molecule has 65 heavy (non-hydrogen) atoms. The fourth-order valence-electron chi connectivity index (χ4n) is 6.34. The summed E-state index contributed by atoms with van der Waals surface area (Å²) >= 11 is 3.39. The molecule has 0 saturated heterocycles. The van der Waals surface area contributed by atoms with Crippen LogP contribution < -0.4 is 16.0 Å². The lowest BCUT2D eigenvalue weighted by Crippen LogP contribution is -2.14. The average molecular weight is 927 g/mol. The second kappa shape index (κ2) is 22.2. The van der Waals surface area contributed by atoms with E-state index in [0.717, 1.165) is 49.2 Å². The first kappa shape index (κ1) is 46.2. The Hall–Kier alpha value is -8.28. The van der Waals surface area contributed by atoms with Gasteiger partial charge in [-0.2, -0.15) is 0 Å². The lowest BCUT2D eigenvalue weighted by molar-refractivity contribution is 0.0697. The molecule has 0 saturated carbocycles. The molecule has 324 valence electrons. The maximum atomic E-state index is 12.3. The molecular formula is C54H44BrN3O7. The average Bonchev–Trinajstić information content (AvgIpc) is 3.32. The molecule has 8 rings (SSSR count). The van der Waals surface area contributed by atoms with Crippen LogP contribution in [0.15, 0.2) is 199 Å². The topological polar surface area (TPSA) is 165 Å². The summed E-state index contributed by atoms with van der Waals surface area (Å²) in [5.41, 5.74) is 9.09. The number of phenolic OH excluding ortho intramolecular Hbond substituents is 2. The second-order valence-corrected chi connectivity index (χ2v) is 15.5. The van der Waals surface area contributed by atoms with Crippen LogP contribution in [0.1, 0.15) is 52.6 Å². The number of nitrogens with one attached hydrogen (secondary N) is 3. The van der Waals surface area contributed by atoms with E-state index in [-0.39, 0.29) is 40.5 Å². The number of aryl methyl sites for hydroxylation is 2. The molecule has 0 bridgehead atoms. The van der Waals surface area contributed by atoms with Gasteiger partial charge in [0.15, 0.2) is 0 Å². The third-order valence-corrected chi connectivity index (χ3v) is 10.4. The Balaban J connectivity index is 0.000000165. The van der Waals surface area contributed by atoms with E-state index in [2.05, 4.69) is 31.9 Å². The quantitative estimate of drug-likeness (QED) is 0.0838. The number of carbonyl (C=O) groups excluding carboxylic acids is 3. The summed E-state index contributed by atoms with van der Waals surface area (Å²) in [4.78, 5) is 48.1. The lowest BCUT2D eigenvalue weighted by atomic mass is 10.0. The number of halogens is 1. The van der Waals surface area contributed by atoms with Crippen molar-refractivity contribution < 1.29 is 34.5 Å². The second-order valence-electron chi connectivity index (χ2n) is 14.6. The highest BCUT2D eigenvalue weighted by Gasteiger charge is 2.15. The van der Waals surface area contributed by atoms with Crippen LogP contribution in [-0.2, 0) is 0 Å². The van der Waals surface area contributed by atoms with Gasteiger partial charge in [-0.3, -0.25) is 14.4 Å². The Morgan fingerprint density at radius 2 is 0.738 bits per heavy atom. The van der Waals surface area contributed by atoms with Crippen LogP contribution in [0.5, 0.6) is 11.5 Å². The van der Waals surface area contributed by atoms with Gasteiger partial charge in [-0.05, 0) is 138 Å². The minimum absolute atomic E-state index is 0.00631. The lowest BCUT2D eigenvalue weighted by Gasteiger charge is -2.11. The summed E-state index contributed by atoms with van der Waals surface area (Å²) in [5.74, 6) is -1.35. The zero-order valence-electron chi connectivity index (χ0n) is 35.3. The summed E-state index contributed by atoms with van der Waals surface area (Å²) in [5, 5.41) is 36.7. The van der Waals surface area contributed by atoms with Gasteiger partial charge in [0.25, 0.3) is 17.7 Å². The van der Waals surface area contributed by atoms with Crippen LogP contribution in [-0.4, -0.2) is 39.0 Å². The number of aromatic hydroxyl groups is 2. The van der Waals surface area contributed by atoms with Crippen molar-refractivity contribution in [1.29, 1.82) is 0 Å². The molecule has 0 aliphatic heterocycles. The van der Waals surface area contributed by atoms with Crippen LogP contribution in [0.2, 0.25) is 0 Å². The molecule has 0 aromatic heterocycles. The molecule has 0 heterocycles. The maximum absolute atomic E-state index is 12.3. The van der Waals surface area contributed by atoms with Gasteiger partial charge in [-0.25, -0.2) is 4.79 Å². The standard InChI is InChI=1S/C20H15NO4.C20H17NO2.C14H12BrNO/c22-16-9-6-13(7-10-16)15-8-11-17(20(24)25)18(12-15)21-19(23)14-4-2-1-3-5-14;1-14-7-8-17(15-9-11-18(22)12-10-15)13-19(14)21-20(23)16-5-3-2-4-6-16;1-10-7-8-12(15)9-13(10)16-14(17)11-5-3-2-4-6-11/h1-12,22H,(H,21,23)(H,24,25);2-13,22H,1H3,(H,21,23);2-9H,1H3,(H,16,17). The van der Waals surface area contributed by atoms with Crippen LogP contribution >= 0.6 is 15.9 Å². The Labute approximate surface area is 385 Å². The van der Waals surface area contributed by atoms with Crippen molar-refractivity contribution in [2.24, 2.45) is 0 Å². The first-order valence-corrected chi connectivity index (χ1v) is 21.1. The SMILES string of the molecule is Cc1ccc(-c2ccc(O)cc2)cc1NC(=O)c1ccccc1.Cc1ccc(Br)cc1NC(=O)c1ccccc1.O=C(Nc1cc(-c2ccc(O)cc2)ccc1C(=O)O)c1ccccc1. The highest BCUT2D eigenvalue weighted by molar-refractivity contribution is 9.10. The number of benzene rings is 8. The zero-order valence-corrected chi connectivity index (χ0v) is 36.9. The first-order chi connectivity index (χ1) is 31.3. The molecule has 8 aromatic carbocycles. The molecule has 6 N–H and O–H groups in total. The van der Waals surface area contributed by atoms with E-state index in [4.69, 9.17) is 0 Å². The summed E-state index contributed by atoms with van der Waals surface area (Å²) < 4.78 is 0.950. The first-order valence-electron chi connectivity index (χ1n) is 20.3. The molecule has 0 aliphatic rings. The molecule has 11 heteroatoms. The Morgan fingerprint density at radius 3 is 1.15 bits per heavy atom. The van der Waals surface area contributed by atoms with Crippen LogP contribution in [0.4, 0.5) is 17.1 Å². The Morgan fingerprint density at radius 1 is 0.400 bits per heavy atom. The summed E-state index contributed by atoms with van der Waals surface area (Å²) in [6, 6.07) is 56.9. The smallest absolute Gasteiger partial charge is 0.337 e. The molecule has 0 atom stereocenters. The van der Waals surface area contributed by atoms with Gasteiger partial charge >= 0.3 is 5.97 Å². The number of carboxylic acids is 1. The molecule has 0 spiro atoms. The van der Waals surface area contributed by atoms with E-state index in [9.17, 15) is 34.5 Å². The van der Waals surface area contributed by atoms with E-state index in [0.29, 0.717) is 16.7 Å². The molecule has 0 fully saturated rings. The van der Waals surface area contributed by atoms with Gasteiger partial charge < -0.3 is 31.3 Å². The summed E-state index contributed by atoms with van der Waals surface area (Å²) in [7, 11) is 0. The number of hydrogen-bond donors (Lipinski definition) is 6. The fraction of sp³-hybridized carbons (Fsp3) is 0.0370. The largest absolute Gasteiger partial charge is 0.508 e. The van der Waals surface area contributed by atoms with Crippen molar-refractivity contribution in [3.05, 3.63) is 232 Å². The number of aromatic carboxylic acids is 1. The number of carbonyl (C=O) groups is 4. The number of carboxylic acid groups (broad SMARTS) is 1. The molecule has 10 nitrogen and oxygen atoms in total. The van der Waals surface area contributed by atoms with Gasteiger partial charge in [0.1, 0.15) is 11.5 Å². The van der Waals surface area contributed by atoms with Crippen molar-refractivity contribution in [3.63, 3.8) is 0 Å². The van der Waals surface area contributed by atoms with Crippen molar-refractivity contribution in [1.82, 2.24) is 0 Å². The third kappa shape index (κ3) is 13.1. The van der Waals surface area contributed by atoms with Gasteiger partial charge in [-0.15, -0.1) is 0 Å². The molecule has 0 aliphatic carbocycles. The minimum Gasteiger partial charge on any atom is -0.508 e. The van der Waals surface area contributed by atoms with Crippen LogP contribution in [0, 0.1) is 13.8 Å². The molecular weight excluding hydrogens is 883 g/mol. The van der Waals surface area contributed by atoms with Gasteiger partial charge in [0.05, 0.1) is 11.3 Å². The number of amides is 3. The highest BCUT2D eigenvalue weighted by atomic mass is 79.9. The predicted octanol–water partition coefficient (Wildman–Crippen LogP) is 12.6. The normalized spacial score (nSPS) is 10.2. The molecule has 0 unspecified atom stereocenters. The van der Waals surface area contributed by atoms with E-state index < -0.39 is 5.97 Å². The van der Waals surface area contributed by atoms with E-state index in [1.165, 1.54) is 6.07 Å². The van der Waals surface area contributed by atoms with Crippen LogP contribution in [0.25, 0.3) is 22.3 Å². The molecule has 3 amide bonds. The number of hydrogen-bond acceptors (Lipinski definition) is 6. The van der Waals surface area contributed by atoms with E-state index >= 15 is 0 Å². The summed E-state index contributed by atoms with van der Waals surface area (Å²) in [6.07, 6.45) is 0. The van der Waals surface area contributed by atoms with Gasteiger partial charge in [-0.1, -0.05) is 119 Å². The predicted molar refractivity (Wildman–Crippen MR) is 261 cm³/mol. The third-order valence-electron chi connectivity index (χ3n) is 9.94. The van der Waals surface area contributed by atoms with Gasteiger partial charge in [0, 0.05) is 32.5 Å². The van der Waals surface area contributed by atoms with Gasteiger partial charge in [0.2, 0.25) is 0 Å². The molecule has 8 aromatic rings.